The van der Waals surface area contributed by atoms with Crippen LogP contribution in [0.5, 0.6) is 5.75 Å². The zero-order chi connectivity index (χ0) is 6.85. The smallest absolute Gasteiger partial charge is 0.125 e. The molecule has 0 atom stereocenters. The van der Waals surface area contributed by atoms with E-state index in [2.05, 4.69) is 6.07 Å². The number of halogens is 1. The monoisotopic (exact) mass is 141 g/mol. The topological polar surface area (TPSA) is 20.2 Å². The Morgan fingerprint density at radius 3 is 2.78 bits per heavy atom. The molecule has 2 heteroatoms. The number of benzene rings is 1. The molecule has 0 aliphatic rings. The van der Waals surface area contributed by atoms with Gasteiger partial charge >= 0.3 is 0 Å². The summed E-state index contributed by atoms with van der Waals surface area (Å²) in [5.41, 5.74) is 0.925. The van der Waals surface area contributed by atoms with Crippen LogP contribution in [0.3, 0.4) is 0 Å². The van der Waals surface area contributed by atoms with Gasteiger partial charge in [0.2, 0.25) is 0 Å². The molecule has 0 aliphatic heterocycles. The first-order chi connectivity index (χ1) is 4.20. The van der Waals surface area contributed by atoms with Gasteiger partial charge in [0.15, 0.2) is 0 Å². The van der Waals surface area contributed by atoms with Crippen molar-refractivity contribution in [2.75, 3.05) is 0 Å². The number of aromatic hydroxyl groups is 1. The quantitative estimate of drug-likeness (QED) is 0.587. The van der Waals surface area contributed by atoms with Gasteiger partial charge < -0.3 is 5.11 Å². The molecule has 0 fully saturated rings. The Balaban J connectivity index is 3.17. The van der Waals surface area contributed by atoms with Crippen molar-refractivity contribution in [2.45, 2.75) is 6.92 Å². The molecule has 9 heavy (non-hydrogen) atoms. The molecule has 0 saturated carbocycles. The van der Waals surface area contributed by atoms with Crippen LogP contribution < -0.4 is 0 Å². The molecular formula is C7H6ClO. The van der Waals surface area contributed by atoms with Gasteiger partial charge in [-0.15, -0.1) is 0 Å². The van der Waals surface area contributed by atoms with E-state index in [0.717, 1.165) is 5.56 Å². The number of hydrogen-bond acceptors (Lipinski definition) is 1. The highest BCUT2D eigenvalue weighted by Gasteiger charge is 1.93. The predicted octanol–water partition coefficient (Wildman–Crippen LogP) is 2.15. The molecule has 1 radical (unpaired) electrons. The molecule has 1 aromatic carbocycles. The first kappa shape index (κ1) is 6.43. The van der Waals surface area contributed by atoms with Gasteiger partial charge in [0, 0.05) is 11.1 Å². The summed E-state index contributed by atoms with van der Waals surface area (Å²) in [6, 6.07) is 5.73. The van der Waals surface area contributed by atoms with E-state index in [0.29, 0.717) is 5.02 Å². The van der Waals surface area contributed by atoms with E-state index in [1.165, 1.54) is 6.07 Å². The second kappa shape index (κ2) is 2.28. The van der Waals surface area contributed by atoms with E-state index < -0.39 is 0 Å². The van der Waals surface area contributed by atoms with Crippen LogP contribution >= 0.6 is 11.6 Å². The lowest BCUT2D eigenvalue weighted by atomic mass is 10.2. The second-order valence-corrected chi connectivity index (χ2v) is 2.26. The number of rotatable bonds is 0. The minimum atomic E-state index is 0.0885. The summed E-state index contributed by atoms with van der Waals surface area (Å²) in [7, 11) is 0. The van der Waals surface area contributed by atoms with Gasteiger partial charge in [-0.2, -0.15) is 0 Å². The lowest BCUT2D eigenvalue weighted by molar-refractivity contribution is 0.474. The summed E-state index contributed by atoms with van der Waals surface area (Å²) in [4.78, 5) is 0. The zero-order valence-electron chi connectivity index (χ0n) is 4.98. The van der Waals surface area contributed by atoms with E-state index >= 15 is 0 Å². The number of phenols is 1. The molecule has 0 amide bonds. The van der Waals surface area contributed by atoms with Gasteiger partial charge in [-0.3, -0.25) is 0 Å². The van der Waals surface area contributed by atoms with Gasteiger partial charge in [0.1, 0.15) is 5.75 Å². The van der Waals surface area contributed by atoms with Gasteiger partial charge in [0.25, 0.3) is 0 Å². The van der Waals surface area contributed by atoms with Crippen molar-refractivity contribution in [1.82, 2.24) is 0 Å². The van der Waals surface area contributed by atoms with Crippen molar-refractivity contribution in [3.8, 4) is 5.75 Å². The van der Waals surface area contributed by atoms with Crippen molar-refractivity contribution >= 4 is 11.6 Å². The summed E-state index contributed by atoms with van der Waals surface area (Å²) in [6.07, 6.45) is 0. The molecule has 0 spiro atoms. The molecule has 47 valence electrons. The zero-order valence-corrected chi connectivity index (χ0v) is 5.74. The normalized spacial score (nSPS) is 9.56. The van der Waals surface area contributed by atoms with Crippen molar-refractivity contribution in [1.29, 1.82) is 0 Å². The third-order valence-electron chi connectivity index (χ3n) is 1.08. The third-order valence-corrected chi connectivity index (χ3v) is 1.48. The van der Waals surface area contributed by atoms with Gasteiger partial charge in [-0.25, -0.2) is 0 Å². The highest BCUT2D eigenvalue weighted by Crippen LogP contribution is 2.19. The molecule has 1 rings (SSSR count). The molecule has 0 saturated heterocycles. The summed E-state index contributed by atoms with van der Waals surface area (Å²) in [5.74, 6) is 0.0885. The van der Waals surface area contributed by atoms with E-state index in [-0.39, 0.29) is 5.75 Å². The van der Waals surface area contributed by atoms with Crippen LogP contribution in [0, 0.1) is 13.0 Å². The van der Waals surface area contributed by atoms with E-state index in [1.54, 1.807) is 6.07 Å². The first-order valence-corrected chi connectivity index (χ1v) is 2.95. The standard InChI is InChI=1S/C7H6ClO/c1-5-2-3-6(9)4-7(5)8/h2,4,9H,1H3. The second-order valence-electron chi connectivity index (χ2n) is 1.85. The van der Waals surface area contributed by atoms with Gasteiger partial charge in [0.05, 0.1) is 0 Å². The molecule has 0 aromatic heterocycles. The van der Waals surface area contributed by atoms with Crippen LogP contribution in [-0.4, -0.2) is 5.11 Å². The van der Waals surface area contributed by atoms with Crippen LogP contribution in [0.25, 0.3) is 0 Å². The highest BCUT2D eigenvalue weighted by atomic mass is 35.5. The van der Waals surface area contributed by atoms with E-state index in [4.69, 9.17) is 16.7 Å². The van der Waals surface area contributed by atoms with E-state index in [9.17, 15) is 0 Å². The Bertz CT molecular complexity index is 220. The van der Waals surface area contributed by atoms with Crippen molar-refractivity contribution in [3.05, 3.63) is 28.8 Å². The van der Waals surface area contributed by atoms with Gasteiger partial charge in [-0.05, 0) is 24.6 Å². The Hall–Kier alpha value is -0.690. The van der Waals surface area contributed by atoms with Crippen LogP contribution in [-0.2, 0) is 0 Å². The Kier molecular flexibility index (Phi) is 1.63. The summed E-state index contributed by atoms with van der Waals surface area (Å²) >= 11 is 5.63. The third kappa shape index (κ3) is 1.36. The molecule has 1 nitrogen and oxygen atoms in total. The summed E-state index contributed by atoms with van der Waals surface area (Å²) in [5, 5.41) is 9.37. The molecule has 0 heterocycles. The largest absolute Gasteiger partial charge is 0.507 e. The number of hydrogen-bond donors (Lipinski definition) is 1. The van der Waals surface area contributed by atoms with Gasteiger partial charge in [-0.1, -0.05) is 11.6 Å². The van der Waals surface area contributed by atoms with Crippen LogP contribution in [0.4, 0.5) is 0 Å². The summed E-state index contributed by atoms with van der Waals surface area (Å²) in [6.45, 7) is 1.86. The average Bonchev–Trinajstić information content (AvgIpc) is 1.80. The molecule has 0 unspecified atom stereocenters. The minimum absolute atomic E-state index is 0.0885. The van der Waals surface area contributed by atoms with Crippen molar-refractivity contribution < 1.29 is 5.11 Å². The Labute approximate surface area is 58.9 Å². The van der Waals surface area contributed by atoms with Crippen LogP contribution in [0.15, 0.2) is 12.1 Å². The minimum Gasteiger partial charge on any atom is -0.507 e. The molecule has 1 aromatic rings. The highest BCUT2D eigenvalue weighted by molar-refractivity contribution is 6.31. The maximum absolute atomic E-state index is 8.80. The Morgan fingerprint density at radius 1 is 1.67 bits per heavy atom. The fraction of sp³-hybridized carbons (Fsp3) is 0.143. The fourth-order valence-electron chi connectivity index (χ4n) is 0.527. The lowest BCUT2D eigenvalue weighted by Gasteiger charge is -1.94. The molecule has 0 bridgehead atoms. The molecule has 1 N–H and O–H groups in total. The van der Waals surface area contributed by atoms with Crippen LogP contribution in [0.1, 0.15) is 5.56 Å². The molecule has 0 aliphatic carbocycles. The van der Waals surface area contributed by atoms with E-state index in [1.807, 2.05) is 6.92 Å². The molecular weight excluding hydrogens is 136 g/mol. The predicted molar refractivity (Wildman–Crippen MR) is 36.7 cm³/mol. The van der Waals surface area contributed by atoms with Crippen molar-refractivity contribution in [2.24, 2.45) is 0 Å². The first-order valence-electron chi connectivity index (χ1n) is 2.57. The maximum Gasteiger partial charge on any atom is 0.125 e. The van der Waals surface area contributed by atoms with Crippen LogP contribution in [0.2, 0.25) is 5.02 Å². The number of aryl methyl sites for hydroxylation is 1. The fourth-order valence-corrected chi connectivity index (χ4v) is 0.685. The Morgan fingerprint density at radius 2 is 2.33 bits per heavy atom. The average molecular weight is 142 g/mol. The maximum atomic E-state index is 8.80. The lowest BCUT2D eigenvalue weighted by Crippen LogP contribution is -1.72. The number of phenolic OH excluding ortho intramolecular Hbond substituents is 1. The summed E-state index contributed by atoms with van der Waals surface area (Å²) < 4.78 is 0. The SMILES string of the molecule is Cc1c[c]c(O)cc1Cl. The van der Waals surface area contributed by atoms with Crippen molar-refractivity contribution in [3.63, 3.8) is 0 Å².